The Morgan fingerprint density at radius 1 is 1.26 bits per heavy atom. The Morgan fingerprint density at radius 3 is 2.63 bits per heavy atom. The third-order valence-corrected chi connectivity index (χ3v) is 7.81. The summed E-state index contributed by atoms with van der Waals surface area (Å²) in [5.74, 6) is -2.60. The van der Waals surface area contributed by atoms with Gasteiger partial charge in [0.25, 0.3) is 5.91 Å². The predicted octanol–water partition coefficient (Wildman–Crippen LogP) is 2.22. The fraction of sp³-hybridized carbons (Fsp3) is 0.519. The summed E-state index contributed by atoms with van der Waals surface area (Å²) in [4.78, 5) is 44.6. The lowest BCUT2D eigenvalue weighted by atomic mass is 9.74. The van der Waals surface area contributed by atoms with Crippen LogP contribution in [0.3, 0.4) is 0 Å². The molecule has 5 atom stereocenters. The summed E-state index contributed by atoms with van der Waals surface area (Å²) in [5.41, 5.74) is -0.539. The molecule has 2 amide bonds. The molecule has 1 N–H and O–H groups in total. The van der Waals surface area contributed by atoms with E-state index >= 15 is 0 Å². The van der Waals surface area contributed by atoms with E-state index in [2.05, 4.69) is 6.58 Å². The Balaban J connectivity index is 1.58. The summed E-state index contributed by atoms with van der Waals surface area (Å²) in [6.45, 7) is 6.02. The molecule has 0 radical (unpaired) electrons. The number of para-hydroxylation sites is 1. The Labute approximate surface area is 205 Å². The zero-order valence-corrected chi connectivity index (χ0v) is 19.9. The molecule has 35 heavy (non-hydrogen) atoms. The smallest absolute Gasteiger partial charge is 0.312 e. The Bertz CT molecular complexity index is 1030. The van der Waals surface area contributed by atoms with Crippen molar-refractivity contribution in [3.63, 3.8) is 0 Å². The molecule has 1 saturated carbocycles. The first-order valence-electron chi connectivity index (χ1n) is 12.4. The molecular weight excluding hydrogens is 448 g/mol. The molecule has 8 nitrogen and oxygen atoms in total. The van der Waals surface area contributed by atoms with Crippen molar-refractivity contribution in [2.45, 2.75) is 62.5 Å². The van der Waals surface area contributed by atoms with Gasteiger partial charge >= 0.3 is 5.97 Å². The fourth-order valence-corrected chi connectivity index (χ4v) is 6.33. The molecule has 3 aliphatic heterocycles. The predicted molar refractivity (Wildman–Crippen MR) is 128 cm³/mol. The summed E-state index contributed by atoms with van der Waals surface area (Å²) >= 11 is 0. The van der Waals surface area contributed by atoms with Crippen LogP contribution >= 0.6 is 0 Å². The van der Waals surface area contributed by atoms with Gasteiger partial charge in [0, 0.05) is 18.3 Å². The highest BCUT2D eigenvalue weighted by molar-refractivity contribution is 6.05. The van der Waals surface area contributed by atoms with Crippen molar-refractivity contribution in [1.82, 2.24) is 4.90 Å². The molecule has 8 heteroatoms. The molecule has 1 aromatic carbocycles. The zero-order valence-electron chi connectivity index (χ0n) is 19.9. The monoisotopic (exact) mass is 480 g/mol. The van der Waals surface area contributed by atoms with Crippen LogP contribution in [0.25, 0.3) is 0 Å². The van der Waals surface area contributed by atoms with Crippen LogP contribution in [0.1, 0.15) is 32.6 Å². The van der Waals surface area contributed by atoms with Crippen molar-refractivity contribution in [2.75, 3.05) is 18.1 Å². The number of rotatable bonds is 7. The molecule has 1 aromatic rings. The van der Waals surface area contributed by atoms with E-state index in [4.69, 9.17) is 9.47 Å². The van der Waals surface area contributed by atoms with Gasteiger partial charge in [0.05, 0.1) is 24.7 Å². The maximum absolute atomic E-state index is 14.3. The number of fused-ring (bicyclic) bond motifs is 1. The lowest BCUT2D eigenvalue weighted by Crippen LogP contribution is -2.58. The van der Waals surface area contributed by atoms with Gasteiger partial charge in [-0.15, -0.1) is 6.58 Å². The molecule has 1 aliphatic carbocycles. The van der Waals surface area contributed by atoms with E-state index in [0.29, 0.717) is 31.4 Å². The van der Waals surface area contributed by atoms with Crippen LogP contribution in [0.4, 0.5) is 5.69 Å². The first kappa shape index (κ1) is 23.8. The lowest BCUT2D eigenvalue weighted by Gasteiger charge is -2.41. The first-order chi connectivity index (χ1) is 16.9. The number of anilines is 1. The second-order valence-electron chi connectivity index (χ2n) is 9.73. The molecule has 4 aliphatic rings. The third-order valence-electron chi connectivity index (χ3n) is 7.81. The van der Waals surface area contributed by atoms with Crippen LogP contribution in [0.15, 0.2) is 55.1 Å². The van der Waals surface area contributed by atoms with Gasteiger partial charge in [0.1, 0.15) is 17.6 Å². The summed E-state index contributed by atoms with van der Waals surface area (Å²) in [6, 6.07) is 8.13. The molecular formula is C27H32N2O6. The van der Waals surface area contributed by atoms with Gasteiger partial charge in [-0.1, -0.05) is 36.4 Å². The molecule has 1 spiro atoms. The van der Waals surface area contributed by atoms with Crippen molar-refractivity contribution in [3.05, 3.63) is 55.1 Å². The molecule has 5 rings (SSSR count). The van der Waals surface area contributed by atoms with E-state index < -0.39 is 41.7 Å². The maximum atomic E-state index is 14.3. The van der Waals surface area contributed by atoms with Crippen LogP contribution in [0, 0.1) is 11.8 Å². The number of esters is 1. The van der Waals surface area contributed by atoms with Crippen LogP contribution in [-0.2, 0) is 23.9 Å². The molecule has 5 unspecified atom stereocenters. The van der Waals surface area contributed by atoms with Gasteiger partial charge in [-0.2, -0.15) is 0 Å². The number of hydrogen-bond donors (Lipinski definition) is 1. The van der Waals surface area contributed by atoms with Crippen LogP contribution in [0.2, 0.25) is 0 Å². The molecule has 2 saturated heterocycles. The number of carbonyl (C=O) groups excluding carboxylic acids is 3. The number of aliphatic hydroxyl groups is 1. The molecule has 186 valence electrons. The molecule has 2 bridgehead atoms. The zero-order chi connectivity index (χ0) is 24.7. The minimum absolute atomic E-state index is 0.202. The fourth-order valence-electron chi connectivity index (χ4n) is 6.33. The molecule has 0 aromatic heterocycles. The summed E-state index contributed by atoms with van der Waals surface area (Å²) < 4.78 is 11.7. The summed E-state index contributed by atoms with van der Waals surface area (Å²) in [7, 11) is 0. The van der Waals surface area contributed by atoms with Crippen LogP contribution < -0.4 is 4.90 Å². The van der Waals surface area contributed by atoms with Crippen molar-refractivity contribution >= 4 is 23.5 Å². The normalized spacial score (nSPS) is 35.1. The van der Waals surface area contributed by atoms with Crippen molar-refractivity contribution in [2.24, 2.45) is 11.8 Å². The van der Waals surface area contributed by atoms with Gasteiger partial charge in [-0.3, -0.25) is 14.4 Å². The van der Waals surface area contributed by atoms with Gasteiger partial charge in [-0.05, 0) is 44.7 Å². The van der Waals surface area contributed by atoms with E-state index in [1.54, 1.807) is 28.9 Å². The highest BCUT2D eigenvalue weighted by Crippen LogP contribution is 2.56. The van der Waals surface area contributed by atoms with E-state index in [1.807, 2.05) is 36.4 Å². The highest BCUT2D eigenvalue weighted by atomic mass is 16.6. The van der Waals surface area contributed by atoms with Crippen LogP contribution in [-0.4, -0.2) is 70.8 Å². The molecule has 3 heterocycles. The number of nitrogens with zero attached hydrogens (tertiary/aromatic N) is 2. The quantitative estimate of drug-likeness (QED) is 0.475. The number of hydrogen-bond acceptors (Lipinski definition) is 6. The van der Waals surface area contributed by atoms with E-state index in [9.17, 15) is 19.5 Å². The number of ether oxygens (including phenoxy) is 2. The SMILES string of the molecule is C=CCN(C(=O)C1N(C2CCC(O)CC2)C(=O)C2C(C(=O)OCC)C3C=CC21O3)c1ccccc1. The lowest BCUT2D eigenvalue weighted by molar-refractivity contribution is -0.154. The summed E-state index contributed by atoms with van der Waals surface area (Å²) in [5, 5.41) is 10.1. The number of likely N-dealkylation sites (tertiary alicyclic amines) is 1. The van der Waals surface area contributed by atoms with Crippen molar-refractivity contribution < 1.29 is 29.0 Å². The average molecular weight is 481 g/mol. The van der Waals surface area contributed by atoms with Gasteiger partial charge < -0.3 is 24.4 Å². The number of benzene rings is 1. The minimum atomic E-state index is -1.24. The Kier molecular flexibility index (Phi) is 6.27. The topological polar surface area (TPSA) is 96.4 Å². The Hall–Kier alpha value is -2.97. The second-order valence-corrected chi connectivity index (χ2v) is 9.73. The van der Waals surface area contributed by atoms with E-state index in [1.165, 1.54) is 0 Å². The standard InChI is InChI=1S/C27H32N2O6/c1-3-16-28(17-8-6-5-7-9-17)25(32)23-27-15-14-20(35-27)21(26(33)34-4-2)22(27)24(31)29(23)18-10-12-19(30)13-11-18/h3,5-9,14-15,18-23,30H,1,4,10-13,16H2,2H3. The van der Waals surface area contributed by atoms with Crippen molar-refractivity contribution in [3.8, 4) is 0 Å². The second kappa shape index (κ2) is 9.24. The van der Waals surface area contributed by atoms with Gasteiger partial charge in [0.15, 0.2) is 0 Å². The van der Waals surface area contributed by atoms with E-state index in [-0.39, 0.29) is 31.0 Å². The molecule has 3 fully saturated rings. The van der Waals surface area contributed by atoms with Gasteiger partial charge in [-0.25, -0.2) is 0 Å². The summed E-state index contributed by atoms with van der Waals surface area (Å²) in [6.07, 6.45) is 6.54. The number of carbonyl (C=O) groups is 3. The van der Waals surface area contributed by atoms with E-state index in [0.717, 1.165) is 0 Å². The minimum Gasteiger partial charge on any atom is -0.466 e. The average Bonchev–Trinajstić information content (AvgIpc) is 3.51. The van der Waals surface area contributed by atoms with Crippen molar-refractivity contribution in [1.29, 1.82) is 0 Å². The maximum Gasteiger partial charge on any atom is 0.312 e. The number of aliphatic hydroxyl groups excluding tert-OH is 1. The largest absolute Gasteiger partial charge is 0.466 e. The number of amides is 2. The Morgan fingerprint density at radius 2 is 1.97 bits per heavy atom. The van der Waals surface area contributed by atoms with Gasteiger partial charge in [0.2, 0.25) is 5.91 Å². The highest BCUT2D eigenvalue weighted by Gasteiger charge is 2.74. The van der Waals surface area contributed by atoms with Crippen LogP contribution in [0.5, 0.6) is 0 Å². The first-order valence-corrected chi connectivity index (χ1v) is 12.4. The third kappa shape index (κ3) is 3.70.